The van der Waals surface area contributed by atoms with Gasteiger partial charge in [0.2, 0.25) is 0 Å². The first-order chi connectivity index (χ1) is 11.7. The molecule has 1 aliphatic heterocycles. The van der Waals surface area contributed by atoms with Gasteiger partial charge in [0, 0.05) is 11.5 Å². The van der Waals surface area contributed by atoms with Crippen LogP contribution in [0.4, 0.5) is 0 Å². The average Bonchev–Trinajstić information content (AvgIpc) is 2.58. The fourth-order valence-corrected chi connectivity index (χ4v) is 4.59. The van der Waals surface area contributed by atoms with Gasteiger partial charge in [0.1, 0.15) is 16.9 Å². The quantitative estimate of drug-likeness (QED) is 0.592. The third-order valence-electron chi connectivity index (χ3n) is 5.75. The third-order valence-corrected chi connectivity index (χ3v) is 5.95. The van der Waals surface area contributed by atoms with Crippen molar-refractivity contribution in [2.75, 3.05) is 0 Å². The smallest absolute Gasteiger partial charge is 0.191 e. The summed E-state index contributed by atoms with van der Waals surface area (Å²) < 4.78 is 13.0. The minimum Gasteiger partial charge on any atom is -0.487 e. The second-order valence-corrected chi connectivity index (χ2v) is 7.90. The molecular weight excluding hydrogens is 316 g/mol. The summed E-state index contributed by atoms with van der Waals surface area (Å²) in [6.45, 7) is 2.23. The van der Waals surface area contributed by atoms with Gasteiger partial charge in [0.25, 0.3) is 0 Å². The van der Waals surface area contributed by atoms with E-state index in [2.05, 4.69) is 19.1 Å². The summed E-state index contributed by atoms with van der Waals surface area (Å²) in [5.74, 6) is 1.03. The molecule has 1 aromatic heterocycles. The minimum absolute atomic E-state index is 0.0789. The molecule has 1 aromatic carbocycles. The van der Waals surface area contributed by atoms with Crippen LogP contribution < -0.4 is 4.74 Å². The molecule has 24 heavy (non-hydrogen) atoms. The van der Waals surface area contributed by atoms with E-state index >= 15 is 0 Å². The number of hydrogen-bond acceptors (Lipinski definition) is 3. The van der Waals surface area contributed by atoms with Gasteiger partial charge < -0.3 is 9.15 Å². The maximum absolute atomic E-state index is 6.54. The summed E-state index contributed by atoms with van der Waals surface area (Å²) in [6.07, 6.45) is 12.1. The first-order valence-corrected chi connectivity index (χ1v) is 9.89. The number of hydrogen-bond donors (Lipinski definition) is 0. The van der Waals surface area contributed by atoms with Gasteiger partial charge in [0.05, 0.1) is 0 Å². The normalized spacial score (nSPS) is 19.2. The van der Waals surface area contributed by atoms with E-state index in [1.165, 1.54) is 61.5 Å². The van der Waals surface area contributed by atoms with Crippen LogP contribution in [0.3, 0.4) is 0 Å². The van der Waals surface area contributed by atoms with Crippen LogP contribution in [0.1, 0.15) is 69.4 Å². The van der Waals surface area contributed by atoms with Crippen LogP contribution in [-0.4, -0.2) is 5.60 Å². The second-order valence-electron chi connectivity index (χ2n) is 7.50. The van der Waals surface area contributed by atoms with Crippen LogP contribution in [0, 0.1) is 4.71 Å². The van der Waals surface area contributed by atoms with Gasteiger partial charge >= 0.3 is 0 Å². The predicted molar refractivity (Wildman–Crippen MR) is 100 cm³/mol. The molecule has 0 bridgehead atoms. The van der Waals surface area contributed by atoms with Crippen LogP contribution >= 0.6 is 12.2 Å². The van der Waals surface area contributed by atoms with Gasteiger partial charge in [-0.05, 0) is 86.8 Å². The Hall–Kier alpha value is -1.35. The molecule has 3 heteroatoms. The Morgan fingerprint density at radius 1 is 1.08 bits per heavy atom. The molecule has 0 unspecified atom stereocenters. The number of rotatable bonds is 3. The van der Waals surface area contributed by atoms with E-state index in [9.17, 15) is 0 Å². The predicted octanol–water partition coefficient (Wildman–Crippen LogP) is 6.53. The van der Waals surface area contributed by atoms with Crippen LogP contribution in [0.15, 0.2) is 22.6 Å². The molecule has 0 atom stereocenters. The maximum Gasteiger partial charge on any atom is 0.191 e. The summed E-state index contributed by atoms with van der Waals surface area (Å²) in [5, 5.41) is 1.22. The SMILES string of the molecule is CCCCc1cc(=S)oc2cc3c(cc12)CCC1(CCCCC1)O3. The van der Waals surface area contributed by atoms with E-state index in [0.29, 0.717) is 4.71 Å². The van der Waals surface area contributed by atoms with Gasteiger partial charge in [-0.15, -0.1) is 0 Å². The molecule has 0 radical (unpaired) electrons. The number of ether oxygens (including phenoxy) is 1. The summed E-state index contributed by atoms with van der Waals surface area (Å²) in [7, 11) is 0. The van der Waals surface area contributed by atoms with Crippen molar-refractivity contribution in [3.05, 3.63) is 34.0 Å². The topological polar surface area (TPSA) is 22.4 Å². The summed E-state index contributed by atoms with van der Waals surface area (Å²) in [5.41, 5.74) is 3.63. The highest BCUT2D eigenvalue weighted by Crippen LogP contribution is 2.43. The molecule has 0 saturated heterocycles. The third kappa shape index (κ3) is 2.99. The Balaban J connectivity index is 1.75. The highest BCUT2D eigenvalue weighted by atomic mass is 32.1. The van der Waals surface area contributed by atoms with E-state index in [1.807, 2.05) is 6.07 Å². The number of fused-ring (bicyclic) bond motifs is 2. The monoisotopic (exact) mass is 342 g/mol. The Bertz CT molecular complexity index is 799. The molecule has 1 fully saturated rings. The van der Waals surface area contributed by atoms with E-state index in [0.717, 1.165) is 30.6 Å². The molecule has 1 saturated carbocycles. The molecule has 4 rings (SSSR count). The molecule has 1 aliphatic carbocycles. The molecule has 2 aromatic rings. The number of benzene rings is 1. The maximum atomic E-state index is 6.54. The molecule has 128 valence electrons. The Kier molecular flexibility index (Phi) is 4.38. The van der Waals surface area contributed by atoms with E-state index in [1.54, 1.807) is 0 Å². The molecular formula is C21H26O2S. The zero-order valence-corrected chi connectivity index (χ0v) is 15.3. The molecule has 0 amide bonds. The summed E-state index contributed by atoms with van der Waals surface area (Å²) in [6, 6.07) is 6.43. The first kappa shape index (κ1) is 16.1. The number of aryl methyl sites for hydroxylation is 2. The van der Waals surface area contributed by atoms with E-state index in [4.69, 9.17) is 21.4 Å². The van der Waals surface area contributed by atoms with Crippen molar-refractivity contribution in [1.29, 1.82) is 0 Å². The molecule has 2 nitrogen and oxygen atoms in total. The number of unbranched alkanes of at least 4 members (excludes halogenated alkanes) is 1. The highest BCUT2D eigenvalue weighted by molar-refractivity contribution is 7.71. The standard InChI is InChI=1S/C21H26O2S/c1-2-3-7-15-13-20(24)22-19-14-18-16(12-17(15)19)8-11-21(23-18)9-5-4-6-10-21/h12-14H,2-11H2,1H3. The summed E-state index contributed by atoms with van der Waals surface area (Å²) >= 11 is 5.34. The average molecular weight is 343 g/mol. The van der Waals surface area contributed by atoms with Gasteiger partial charge in [-0.25, -0.2) is 0 Å². The van der Waals surface area contributed by atoms with Crippen LogP contribution in [0.2, 0.25) is 0 Å². The van der Waals surface area contributed by atoms with Crippen molar-refractivity contribution in [1.82, 2.24) is 0 Å². The zero-order valence-electron chi connectivity index (χ0n) is 14.5. The lowest BCUT2D eigenvalue weighted by atomic mass is 9.79. The summed E-state index contributed by atoms with van der Waals surface area (Å²) in [4.78, 5) is 0. The molecule has 0 N–H and O–H groups in total. The molecule has 2 aliphatic rings. The van der Waals surface area contributed by atoms with Crippen molar-refractivity contribution in [3.63, 3.8) is 0 Å². The Morgan fingerprint density at radius 3 is 2.71 bits per heavy atom. The fourth-order valence-electron chi connectivity index (χ4n) is 4.36. The Morgan fingerprint density at radius 2 is 1.92 bits per heavy atom. The van der Waals surface area contributed by atoms with Crippen LogP contribution in [0.5, 0.6) is 5.75 Å². The first-order valence-electron chi connectivity index (χ1n) is 9.48. The van der Waals surface area contributed by atoms with Crippen molar-refractivity contribution in [2.45, 2.75) is 76.7 Å². The van der Waals surface area contributed by atoms with Crippen molar-refractivity contribution >= 4 is 23.2 Å². The minimum atomic E-state index is 0.0789. The fraction of sp³-hybridized carbons (Fsp3) is 0.571. The second kappa shape index (κ2) is 6.51. The molecule has 1 spiro atoms. The van der Waals surface area contributed by atoms with Crippen molar-refractivity contribution < 1.29 is 9.15 Å². The van der Waals surface area contributed by atoms with Crippen LogP contribution in [0.25, 0.3) is 11.0 Å². The zero-order chi connectivity index (χ0) is 16.6. The largest absolute Gasteiger partial charge is 0.487 e. The van der Waals surface area contributed by atoms with Crippen molar-refractivity contribution in [2.24, 2.45) is 0 Å². The lowest BCUT2D eigenvalue weighted by Crippen LogP contribution is -2.41. The van der Waals surface area contributed by atoms with Gasteiger partial charge in [0.15, 0.2) is 4.71 Å². The van der Waals surface area contributed by atoms with Gasteiger partial charge in [-0.3, -0.25) is 0 Å². The lowest BCUT2D eigenvalue weighted by Gasteiger charge is -2.41. The van der Waals surface area contributed by atoms with Gasteiger partial charge in [-0.1, -0.05) is 19.8 Å². The lowest BCUT2D eigenvalue weighted by molar-refractivity contribution is 0.0109. The Labute approximate surface area is 149 Å². The van der Waals surface area contributed by atoms with E-state index < -0.39 is 0 Å². The van der Waals surface area contributed by atoms with E-state index in [-0.39, 0.29) is 5.60 Å². The van der Waals surface area contributed by atoms with Gasteiger partial charge in [-0.2, -0.15) is 0 Å². The highest BCUT2D eigenvalue weighted by Gasteiger charge is 2.37. The van der Waals surface area contributed by atoms with Crippen LogP contribution in [-0.2, 0) is 12.8 Å². The van der Waals surface area contributed by atoms with Crippen molar-refractivity contribution in [3.8, 4) is 5.75 Å². The molecule has 2 heterocycles.